The summed E-state index contributed by atoms with van der Waals surface area (Å²) in [6, 6.07) is 5.11. The summed E-state index contributed by atoms with van der Waals surface area (Å²) in [5, 5.41) is 11.7. The minimum atomic E-state index is -0.306. The van der Waals surface area contributed by atoms with Gasteiger partial charge in [0.05, 0.1) is 7.11 Å². The third kappa shape index (κ3) is 3.79. The van der Waals surface area contributed by atoms with Gasteiger partial charge < -0.3 is 15.2 Å². The lowest BCUT2D eigenvalue weighted by Crippen LogP contribution is -2.16. The summed E-state index contributed by atoms with van der Waals surface area (Å²) in [4.78, 5) is 0. The van der Waals surface area contributed by atoms with Crippen LogP contribution in [0, 0.1) is 5.82 Å². The molecule has 90 valence electrons. The zero-order chi connectivity index (χ0) is 11.8. The summed E-state index contributed by atoms with van der Waals surface area (Å²) in [5.41, 5.74) is 0.600. The van der Waals surface area contributed by atoms with Crippen LogP contribution in [0.15, 0.2) is 18.2 Å². The van der Waals surface area contributed by atoms with Crippen molar-refractivity contribution >= 4 is 0 Å². The first-order valence-electron chi connectivity index (χ1n) is 5.42. The van der Waals surface area contributed by atoms with Crippen molar-refractivity contribution < 1.29 is 14.2 Å². The largest absolute Gasteiger partial charge is 0.494 e. The quantitative estimate of drug-likeness (QED) is 0.697. The number of aliphatic hydroxyl groups is 1. The van der Waals surface area contributed by atoms with Crippen molar-refractivity contribution in [3.05, 3.63) is 29.6 Å². The lowest BCUT2D eigenvalue weighted by Gasteiger charge is -2.08. The molecule has 1 rings (SSSR count). The number of benzene rings is 1. The Hall–Kier alpha value is -1.13. The molecule has 0 atom stereocenters. The van der Waals surface area contributed by atoms with E-state index in [-0.39, 0.29) is 18.2 Å². The smallest absolute Gasteiger partial charge is 0.169 e. The Balaban J connectivity index is 2.41. The van der Waals surface area contributed by atoms with Gasteiger partial charge in [0.2, 0.25) is 0 Å². The van der Waals surface area contributed by atoms with Gasteiger partial charge in [-0.25, -0.2) is 4.39 Å². The highest BCUT2D eigenvalue weighted by atomic mass is 19.1. The number of methoxy groups -OCH3 is 1. The van der Waals surface area contributed by atoms with E-state index in [9.17, 15) is 4.39 Å². The molecule has 16 heavy (non-hydrogen) atoms. The van der Waals surface area contributed by atoms with Gasteiger partial charge in [0.15, 0.2) is 11.6 Å². The minimum Gasteiger partial charge on any atom is -0.494 e. The van der Waals surface area contributed by atoms with E-state index in [0.29, 0.717) is 12.1 Å². The second kappa shape index (κ2) is 7.19. The van der Waals surface area contributed by atoms with E-state index in [4.69, 9.17) is 9.84 Å². The molecule has 0 fully saturated rings. The molecule has 3 nitrogen and oxygen atoms in total. The van der Waals surface area contributed by atoms with Crippen LogP contribution in [0.1, 0.15) is 18.4 Å². The molecule has 0 aliphatic heterocycles. The monoisotopic (exact) mass is 227 g/mol. The number of hydrogen-bond donors (Lipinski definition) is 2. The third-order valence-corrected chi connectivity index (χ3v) is 2.34. The normalized spacial score (nSPS) is 10.4. The Morgan fingerprint density at radius 3 is 2.88 bits per heavy atom. The van der Waals surface area contributed by atoms with Gasteiger partial charge in [-0.1, -0.05) is 12.1 Å². The lowest BCUT2D eigenvalue weighted by molar-refractivity contribution is 0.283. The van der Waals surface area contributed by atoms with Crippen LogP contribution in [0.4, 0.5) is 4.39 Å². The van der Waals surface area contributed by atoms with Crippen LogP contribution in [-0.4, -0.2) is 25.4 Å². The lowest BCUT2D eigenvalue weighted by atomic mass is 10.2. The summed E-state index contributed by atoms with van der Waals surface area (Å²) in [5.74, 6) is -0.0330. The van der Waals surface area contributed by atoms with Gasteiger partial charge in [0.25, 0.3) is 0 Å². The highest BCUT2D eigenvalue weighted by Gasteiger charge is 2.06. The molecule has 0 spiro atoms. The van der Waals surface area contributed by atoms with E-state index in [0.717, 1.165) is 19.4 Å². The SMILES string of the molecule is COc1cccc(CNCCCCO)c1F. The van der Waals surface area contributed by atoms with Gasteiger partial charge in [0.1, 0.15) is 0 Å². The van der Waals surface area contributed by atoms with Crippen LogP contribution in [0.3, 0.4) is 0 Å². The van der Waals surface area contributed by atoms with E-state index in [1.54, 1.807) is 18.2 Å². The summed E-state index contributed by atoms with van der Waals surface area (Å²) < 4.78 is 18.5. The fourth-order valence-corrected chi connectivity index (χ4v) is 1.44. The molecule has 0 bridgehead atoms. The predicted molar refractivity (Wildman–Crippen MR) is 61.0 cm³/mol. The molecule has 1 aromatic rings. The Bertz CT molecular complexity index is 318. The van der Waals surface area contributed by atoms with E-state index >= 15 is 0 Å². The van der Waals surface area contributed by atoms with Gasteiger partial charge in [-0.05, 0) is 25.5 Å². The highest BCUT2D eigenvalue weighted by Crippen LogP contribution is 2.19. The Labute approximate surface area is 95.2 Å². The molecule has 0 aliphatic carbocycles. The van der Waals surface area contributed by atoms with Crippen molar-refractivity contribution in [3.8, 4) is 5.75 Å². The van der Waals surface area contributed by atoms with E-state index in [2.05, 4.69) is 5.32 Å². The van der Waals surface area contributed by atoms with Crippen molar-refractivity contribution in [2.75, 3.05) is 20.3 Å². The average molecular weight is 227 g/mol. The number of nitrogens with one attached hydrogen (secondary N) is 1. The van der Waals surface area contributed by atoms with Crippen LogP contribution in [0.5, 0.6) is 5.75 Å². The number of rotatable bonds is 7. The average Bonchev–Trinajstić information content (AvgIpc) is 2.31. The molecule has 0 aromatic heterocycles. The molecule has 0 saturated carbocycles. The fraction of sp³-hybridized carbons (Fsp3) is 0.500. The molecule has 0 radical (unpaired) electrons. The second-order valence-electron chi connectivity index (χ2n) is 3.54. The van der Waals surface area contributed by atoms with Crippen LogP contribution in [0.2, 0.25) is 0 Å². The number of ether oxygens (including phenoxy) is 1. The Morgan fingerprint density at radius 2 is 2.19 bits per heavy atom. The van der Waals surface area contributed by atoms with Crippen LogP contribution in [0.25, 0.3) is 0 Å². The molecule has 0 aliphatic rings. The maximum Gasteiger partial charge on any atom is 0.169 e. The molecule has 0 saturated heterocycles. The summed E-state index contributed by atoms with van der Waals surface area (Å²) in [7, 11) is 1.46. The summed E-state index contributed by atoms with van der Waals surface area (Å²) >= 11 is 0. The molecule has 1 aromatic carbocycles. The van der Waals surface area contributed by atoms with Crippen molar-refractivity contribution in [1.29, 1.82) is 0 Å². The summed E-state index contributed by atoms with van der Waals surface area (Å²) in [6.45, 7) is 1.46. The fourth-order valence-electron chi connectivity index (χ4n) is 1.44. The van der Waals surface area contributed by atoms with Crippen molar-refractivity contribution in [1.82, 2.24) is 5.32 Å². The number of hydrogen-bond acceptors (Lipinski definition) is 3. The van der Waals surface area contributed by atoms with E-state index in [1.165, 1.54) is 7.11 Å². The minimum absolute atomic E-state index is 0.204. The van der Waals surface area contributed by atoms with Gasteiger partial charge in [-0.15, -0.1) is 0 Å². The van der Waals surface area contributed by atoms with Crippen molar-refractivity contribution in [2.45, 2.75) is 19.4 Å². The van der Waals surface area contributed by atoms with Gasteiger partial charge in [-0.2, -0.15) is 0 Å². The highest BCUT2D eigenvalue weighted by molar-refractivity contribution is 5.30. The standard InChI is InChI=1S/C12H18FNO2/c1-16-11-6-4-5-10(12(11)13)9-14-7-2-3-8-15/h4-6,14-15H,2-3,7-9H2,1H3. The second-order valence-corrected chi connectivity index (χ2v) is 3.54. The molecule has 2 N–H and O–H groups in total. The number of aliphatic hydroxyl groups excluding tert-OH is 1. The maximum atomic E-state index is 13.6. The number of halogens is 1. The zero-order valence-corrected chi connectivity index (χ0v) is 9.50. The maximum absolute atomic E-state index is 13.6. The van der Waals surface area contributed by atoms with E-state index < -0.39 is 0 Å². The van der Waals surface area contributed by atoms with E-state index in [1.807, 2.05) is 0 Å². The molecule has 0 amide bonds. The molecule has 4 heteroatoms. The van der Waals surface area contributed by atoms with Gasteiger partial charge >= 0.3 is 0 Å². The summed E-state index contributed by atoms with van der Waals surface area (Å²) in [6.07, 6.45) is 1.66. The third-order valence-electron chi connectivity index (χ3n) is 2.34. The first kappa shape index (κ1) is 12.9. The number of unbranched alkanes of at least 4 members (excludes halogenated alkanes) is 1. The van der Waals surface area contributed by atoms with Crippen molar-refractivity contribution in [2.24, 2.45) is 0 Å². The topological polar surface area (TPSA) is 41.5 Å². The predicted octanol–water partition coefficient (Wildman–Crippen LogP) is 1.70. The molecular weight excluding hydrogens is 209 g/mol. The van der Waals surface area contributed by atoms with Gasteiger partial charge in [0, 0.05) is 18.7 Å². The molecular formula is C12H18FNO2. The van der Waals surface area contributed by atoms with Crippen LogP contribution < -0.4 is 10.1 Å². The Kier molecular flexibility index (Phi) is 5.82. The van der Waals surface area contributed by atoms with Crippen LogP contribution in [-0.2, 0) is 6.54 Å². The first-order chi connectivity index (χ1) is 7.79. The molecule has 0 unspecified atom stereocenters. The molecule has 0 heterocycles. The van der Waals surface area contributed by atoms with Gasteiger partial charge in [-0.3, -0.25) is 0 Å². The first-order valence-corrected chi connectivity index (χ1v) is 5.42. The Morgan fingerprint density at radius 1 is 1.38 bits per heavy atom. The zero-order valence-electron chi connectivity index (χ0n) is 9.50. The van der Waals surface area contributed by atoms with Crippen LogP contribution >= 0.6 is 0 Å². The van der Waals surface area contributed by atoms with Crippen molar-refractivity contribution in [3.63, 3.8) is 0 Å².